The van der Waals surface area contributed by atoms with Crippen LogP contribution in [0.2, 0.25) is 0 Å². The Balaban J connectivity index is 2.16. The van der Waals surface area contributed by atoms with Crippen molar-refractivity contribution in [3.63, 3.8) is 0 Å². The molecule has 0 radical (unpaired) electrons. The molecule has 1 aromatic heterocycles. The second kappa shape index (κ2) is 3.87. The van der Waals surface area contributed by atoms with Gasteiger partial charge >= 0.3 is 0 Å². The Kier molecular flexibility index (Phi) is 2.49. The van der Waals surface area contributed by atoms with E-state index >= 15 is 0 Å². The largest absolute Gasteiger partial charge is 0.257 e. The molecule has 0 spiro atoms. The van der Waals surface area contributed by atoms with Gasteiger partial charge in [-0.1, -0.05) is 13.8 Å². The summed E-state index contributed by atoms with van der Waals surface area (Å²) in [5, 5.41) is 0. The minimum atomic E-state index is 0.651. The van der Waals surface area contributed by atoms with Crippen LogP contribution in [0.4, 0.5) is 0 Å². The van der Waals surface area contributed by atoms with E-state index in [4.69, 9.17) is 4.98 Å². The zero-order valence-corrected chi connectivity index (χ0v) is 10.5. The minimum absolute atomic E-state index is 0.651. The molecule has 1 heterocycles. The van der Waals surface area contributed by atoms with Crippen LogP contribution in [0.15, 0.2) is 0 Å². The van der Waals surface area contributed by atoms with Gasteiger partial charge in [-0.25, -0.2) is 0 Å². The molecule has 0 N–H and O–H groups in total. The molecule has 0 saturated carbocycles. The Morgan fingerprint density at radius 1 is 1.00 bits per heavy atom. The molecule has 0 saturated heterocycles. The van der Waals surface area contributed by atoms with Gasteiger partial charge in [-0.05, 0) is 67.6 Å². The molecule has 0 bridgehead atoms. The summed E-state index contributed by atoms with van der Waals surface area (Å²) in [7, 11) is 0. The van der Waals surface area contributed by atoms with Gasteiger partial charge in [0.15, 0.2) is 0 Å². The number of nitrogens with zero attached hydrogens (tertiary/aromatic N) is 1. The summed E-state index contributed by atoms with van der Waals surface area (Å²) < 4.78 is 0. The highest BCUT2D eigenvalue weighted by molar-refractivity contribution is 5.46. The topological polar surface area (TPSA) is 12.9 Å². The van der Waals surface area contributed by atoms with E-state index in [1.807, 2.05) is 0 Å². The lowest BCUT2D eigenvalue weighted by Crippen LogP contribution is -2.06. The Bertz CT molecular complexity index is 420. The summed E-state index contributed by atoms with van der Waals surface area (Å²) in [6.07, 6.45) is 9.05. The van der Waals surface area contributed by atoms with Gasteiger partial charge in [0.25, 0.3) is 0 Å². The van der Waals surface area contributed by atoms with Gasteiger partial charge in [0, 0.05) is 11.4 Å². The van der Waals surface area contributed by atoms with Crippen LogP contribution in [0.5, 0.6) is 0 Å². The van der Waals surface area contributed by atoms with Crippen molar-refractivity contribution >= 4 is 0 Å². The summed E-state index contributed by atoms with van der Waals surface area (Å²) in [5.74, 6) is 0.651. The minimum Gasteiger partial charge on any atom is -0.257 e. The zero-order valence-electron chi connectivity index (χ0n) is 10.5. The van der Waals surface area contributed by atoms with Gasteiger partial charge in [0.2, 0.25) is 0 Å². The van der Waals surface area contributed by atoms with Crippen molar-refractivity contribution in [1.29, 1.82) is 0 Å². The summed E-state index contributed by atoms with van der Waals surface area (Å²) in [5.41, 5.74) is 7.86. The number of fused-ring (bicyclic) bond motifs is 3. The first-order valence-corrected chi connectivity index (χ1v) is 6.84. The molecule has 0 aliphatic heterocycles. The molecule has 3 rings (SSSR count). The second-order valence-corrected chi connectivity index (χ2v) is 5.40. The monoisotopic (exact) mass is 215 g/mol. The molecular formula is C15H21N. The van der Waals surface area contributed by atoms with Crippen molar-refractivity contribution in [3.8, 4) is 0 Å². The smallest absolute Gasteiger partial charge is 0.0469 e. The van der Waals surface area contributed by atoms with Crippen LogP contribution in [-0.2, 0) is 25.7 Å². The molecule has 2 aliphatic carbocycles. The third-order valence-corrected chi connectivity index (χ3v) is 4.41. The Morgan fingerprint density at radius 3 is 2.50 bits per heavy atom. The van der Waals surface area contributed by atoms with Crippen molar-refractivity contribution in [2.24, 2.45) is 0 Å². The van der Waals surface area contributed by atoms with E-state index in [1.165, 1.54) is 56.3 Å². The molecule has 0 amide bonds. The lowest BCUT2D eigenvalue weighted by Gasteiger charge is -2.16. The fourth-order valence-corrected chi connectivity index (χ4v) is 3.35. The zero-order chi connectivity index (χ0) is 11.1. The van der Waals surface area contributed by atoms with Crippen LogP contribution in [0.3, 0.4) is 0 Å². The highest BCUT2D eigenvalue weighted by Crippen LogP contribution is 2.36. The fraction of sp³-hybridized carbons (Fsp3) is 0.667. The number of hydrogen-bond donors (Lipinski definition) is 0. The van der Waals surface area contributed by atoms with Gasteiger partial charge in [0.05, 0.1) is 0 Å². The summed E-state index contributed by atoms with van der Waals surface area (Å²) in [4.78, 5) is 5.00. The first kappa shape index (κ1) is 10.3. The molecule has 1 heteroatoms. The first-order chi connectivity index (χ1) is 7.81. The van der Waals surface area contributed by atoms with E-state index < -0.39 is 0 Å². The molecule has 86 valence electrons. The van der Waals surface area contributed by atoms with E-state index in [-0.39, 0.29) is 0 Å². The molecule has 1 atom stereocenters. The highest BCUT2D eigenvalue weighted by Gasteiger charge is 2.26. The molecule has 0 fully saturated rings. The predicted molar refractivity (Wildman–Crippen MR) is 67.0 cm³/mol. The molecule has 1 aromatic rings. The van der Waals surface area contributed by atoms with Gasteiger partial charge in [-0.15, -0.1) is 0 Å². The average molecular weight is 215 g/mol. The standard InChI is InChI=1S/C15H21N/c1-3-10(2)15-13-8-4-6-11(13)12-7-5-9-14(12)16-15/h10H,3-9H2,1-2H3. The van der Waals surface area contributed by atoms with Crippen LogP contribution in [0.1, 0.15) is 67.1 Å². The van der Waals surface area contributed by atoms with Gasteiger partial charge < -0.3 is 0 Å². The van der Waals surface area contributed by atoms with Crippen LogP contribution in [0.25, 0.3) is 0 Å². The van der Waals surface area contributed by atoms with E-state index in [2.05, 4.69) is 13.8 Å². The normalized spacial score (nSPS) is 19.6. The quantitative estimate of drug-likeness (QED) is 0.735. The Morgan fingerprint density at radius 2 is 1.69 bits per heavy atom. The predicted octanol–water partition coefficient (Wildman–Crippen LogP) is 3.57. The van der Waals surface area contributed by atoms with Crippen molar-refractivity contribution in [1.82, 2.24) is 4.98 Å². The van der Waals surface area contributed by atoms with E-state index in [0.717, 1.165) is 0 Å². The summed E-state index contributed by atoms with van der Waals surface area (Å²) in [6.45, 7) is 4.61. The third kappa shape index (κ3) is 1.41. The molecule has 16 heavy (non-hydrogen) atoms. The van der Waals surface area contributed by atoms with E-state index in [9.17, 15) is 0 Å². The van der Waals surface area contributed by atoms with Crippen LogP contribution in [-0.4, -0.2) is 4.98 Å². The lowest BCUT2D eigenvalue weighted by atomic mass is 9.94. The fourth-order valence-electron chi connectivity index (χ4n) is 3.35. The molecule has 2 aliphatic rings. The maximum absolute atomic E-state index is 5.00. The maximum atomic E-state index is 5.00. The highest BCUT2D eigenvalue weighted by atomic mass is 14.7. The van der Waals surface area contributed by atoms with Crippen molar-refractivity contribution in [3.05, 3.63) is 28.1 Å². The number of pyridine rings is 1. The van der Waals surface area contributed by atoms with Gasteiger partial charge in [-0.2, -0.15) is 0 Å². The van der Waals surface area contributed by atoms with Crippen molar-refractivity contribution in [2.45, 2.75) is 64.7 Å². The molecule has 1 nitrogen and oxygen atoms in total. The van der Waals surface area contributed by atoms with Crippen LogP contribution < -0.4 is 0 Å². The molecule has 0 aromatic carbocycles. The van der Waals surface area contributed by atoms with Crippen LogP contribution in [0, 0.1) is 0 Å². The molecular weight excluding hydrogens is 194 g/mol. The van der Waals surface area contributed by atoms with Gasteiger partial charge in [-0.3, -0.25) is 4.98 Å². The first-order valence-electron chi connectivity index (χ1n) is 6.84. The Hall–Kier alpha value is -0.850. The van der Waals surface area contributed by atoms with E-state index in [1.54, 1.807) is 16.7 Å². The second-order valence-electron chi connectivity index (χ2n) is 5.40. The maximum Gasteiger partial charge on any atom is 0.0469 e. The third-order valence-electron chi connectivity index (χ3n) is 4.41. The lowest BCUT2D eigenvalue weighted by molar-refractivity contribution is 0.691. The number of aryl methyl sites for hydroxylation is 1. The summed E-state index contributed by atoms with van der Waals surface area (Å²) in [6, 6.07) is 0. The van der Waals surface area contributed by atoms with E-state index in [0.29, 0.717) is 5.92 Å². The van der Waals surface area contributed by atoms with Gasteiger partial charge in [0.1, 0.15) is 0 Å². The SMILES string of the molecule is CCC(C)c1nc2c(c3c1CCC3)CCC2. The number of aromatic nitrogens is 1. The van der Waals surface area contributed by atoms with Crippen molar-refractivity contribution in [2.75, 3.05) is 0 Å². The number of hydrogen-bond acceptors (Lipinski definition) is 1. The number of rotatable bonds is 2. The van der Waals surface area contributed by atoms with Crippen LogP contribution >= 0.6 is 0 Å². The summed E-state index contributed by atoms with van der Waals surface area (Å²) >= 11 is 0. The average Bonchev–Trinajstić information content (AvgIpc) is 2.93. The Labute approximate surface area is 98.3 Å². The van der Waals surface area contributed by atoms with Crippen molar-refractivity contribution < 1.29 is 0 Å². The molecule has 1 unspecified atom stereocenters.